The molecule has 2 heterocycles. The molecule has 0 amide bonds. The van der Waals surface area contributed by atoms with Crippen molar-refractivity contribution in [2.24, 2.45) is 5.92 Å². The highest BCUT2D eigenvalue weighted by Crippen LogP contribution is 2.22. The monoisotopic (exact) mass is 275 g/mol. The quantitative estimate of drug-likeness (QED) is 0.911. The van der Waals surface area contributed by atoms with Gasteiger partial charge in [0.15, 0.2) is 0 Å². The smallest absolute Gasteiger partial charge is 0.125 e. The standard InChI is InChI=1S/C17H29N3/c1-13(2)20-9-8-14(12-20)10-18-16-7-6-15(11-19-16)17(3,4)5/h6-7,11,13-14H,8-10,12H2,1-5H3,(H,18,19). The van der Waals surface area contributed by atoms with Crippen LogP contribution in [0, 0.1) is 5.92 Å². The molecule has 0 radical (unpaired) electrons. The number of nitrogens with one attached hydrogen (secondary N) is 1. The number of hydrogen-bond donors (Lipinski definition) is 1. The Morgan fingerprint density at radius 2 is 2.10 bits per heavy atom. The Kier molecular flexibility index (Phi) is 4.69. The third-order valence-corrected chi connectivity index (χ3v) is 4.25. The Bertz CT molecular complexity index is 417. The number of hydrogen-bond acceptors (Lipinski definition) is 3. The molecule has 112 valence electrons. The summed E-state index contributed by atoms with van der Waals surface area (Å²) in [5.41, 5.74) is 1.46. The molecule has 0 bridgehead atoms. The molecule has 1 saturated heterocycles. The van der Waals surface area contributed by atoms with Crippen LogP contribution in [-0.2, 0) is 5.41 Å². The van der Waals surface area contributed by atoms with Crippen LogP contribution in [0.2, 0.25) is 0 Å². The van der Waals surface area contributed by atoms with E-state index in [1.165, 1.54) is 25.1 Å². The number of nitrogens with zero attached hydrogens (tertiary/aromatic N) is 2. The molecular formula is C17H29N3. The molecule has 1 aliphatic rings. The molecule has 1 aliphatic heterocycles. The van der Waals surface area contributed by atoms with Gasteiger partial charge in [-0.15, -0.1) is 0 Å². The molecule has 2 rings (SSSR count). The molecular weight excluding hydrogens is 246 g/mol. The van der Waals surface area contributed by atoms with E-state index in [-0.39, 0.29) is 5.41 Å². The molecule has 1 fully saturated rings. The topological polar surface area (TPSA) is 28.2 Å². The van der Waals surface area contributed by atoms with E-state index in [4.69, 9.17) is 0 Å². The van der Waals surface area contributed by atoms with Gasteiger partial charge in [-0.05, 0) is 49.8 Å². The SMILES string of the molecule is CC(C)N1CCC(CNc2ccc(C(C)(C)C)cn2)C1. The van der Waals surface area contributed by atoms with Gasteiger partial charge in [-0.3, -0.25) is 0 Å². The maximum Gasteiger partial charge on any atom is 0.125 e. The van der Waals surface area contributed by atoms with Gasteiger partial charge in [-0.2, -0.15) is 0 Å². The van der Waals surface area contributed by atoms with Crippen molar-refractivity contribution >= 4 is 5.82 Å². The van der Waals surface area contributed by atoms with Crippen molar-refractivity contribution in [3.05, 3.63) is 23.9 Å². The highest BCUT2D eigenvalue weighted by Gasteiger charge is 2.23. The van der Waals surface area contributed by atoms with E-state index >= 15 is 0 Å². The lowest BCUT2D eigenvalue weighted by Crippen LogP contribution is -2.29. The highest BCUT2D eigenvalue weighted by molar-refractivity contribution is 5.37. The Balaban J connectivity index is 1.83. The predicted octanol–water partition coefficient (Wildman–Crippen LogP) is 3.52. The average Bonchev–Trinajstić information content (AvgIpc) is 2.85. The van der Waals surface area contributed by atoms with Crippen molar-refractivity contribution < 1.29 is 0 Å². The van der Waals surface area contributed by atoms with Crippen molar-refractivity contribution in [3.8, 4) is 0 Å². The summed E-state index contributed by atoms with van der Waals surface area (Å²) in [7, 11) is 0. The van der Waals surface area contributed by atoms with Crippen LogP contribution in [0.3, 0.4) is 0 Å². The fraction of sp³-hybridized carbons (Fsp3) is 0.706. The number of likely N-dealkylation sites (tertiary alicyclic amines) is 1. The molecule has 1 unspecified atom stereocenters. The Morgan fingerprint density at radius 3 is 2.60 bits per heavy atom. The zero-order chi connectivity index (χ0) is 14.8. The lowest BCUT2D eigenvalue weighted by Gasteiger charge is -2.20. The van der Waals surface area contributed by atoms with E-state index in [2.05, 4.69) is 62.0 Å². The summed E-state index contributed by atoms with van der Waals surface area (Å²) in [5.74, 6) is 1.75. The molecule has 3 heteroatoms. The molecule has 1 aromatic heterocycles. The first-order valence-electron chi connectivity index (χ1n) is 7.80. The van der Waals surface area contributed by atoms with E-state index in [0.29, 0.717) is 6.04 Å². The maximum atomic E-state index is 4.54. The molecule has 0 saturated carbocycles. The first-order chi connectivity index (χ1) is 9.36. The predicted molar refractivity (Wildman–Crippen MR) is 86.2 cm³/mol. The van der Waals surface area contributed by atoms with Crippen molar-refractivity contribution in [3.63, 3.8) is 0 Å². The number of pyridine rings is 1. The molecule has 0 aromatic carbocycles. The summed E-state index contributed by atoms with van der Waals surface area (Å²) in [6.45, 7) is 14.7. The van der Waals surface area contributed by atoms with Crippen molar-refractivity contribution in [1.29, 1.82) is 0 Å². The van der Waals surface area contributed by atoms with Crippen LogP contribution < -0.4 is 5.32 Å². The molecule has 0 aliphatic carbocycles. The summed E-state index contributed by atoms with van der Waals surface area (Å²) in [6.07, 6.45) is 3.29. The third kappa shape index (κ3) is 3.95. The van der Waals surface area contributed by atoms with Gasteiger partial charge in [0.05, 0.1) is 0 Å². The maximum absolute atomic E-state index is 4.54. The van der Waals surface area contributed by atoms with Gasteiger partial charge in [0, 0.05) is 25.3 Å². The lowest BCUT2D eigenvalue weighted by molar-refractivity contribution is 0.266. The fourth-order valence-electron chi connectivity index (χ4n) is 2.69. The summed E-state index contributed by atoms with van der Waals surface area (Å²) >= 11 is 0. The zero-order valence-corrected chi connectivity index (χ0v) is 13.6. The first-order valence-corrected chi connectivity index (χ1v) is 7.80. The van der Waals surface area contributed by atoms with E-state index in [1.807, 2.05) is 6.20 Å². The van der Waals surface area contributed by atoms with Crippen LogP contribution in [0.25, 0.3) is 0 Å². The van der Waals surface area contributed by atoms with E-state index in [1.54, 1.807) is 0 Å². The van der Waals surface area contributed by atoms with Crippen molar-refractivity contribution in [2.75, 3.05) is 25.0 Å². The third-order valence-electron chi connectivity index (χ3n) is 4.25. The first kappa shape index (κ1) is 15.3. The van der Waals surface area contributed by atoms with Crippen LogP contribution in [0.15, 0.2) is 18.3 Å². The number of anilines is 1. The number of aromatic nitrogens is 1. The highest BCUT2D eigenvalue weighted by atomic mass is 15.2. The molecule has 1 aromatic rings. The molecule has 20 heavy (non-hydrogen) atoms. The molecule has 0 spiro atoms. The minimum absolute atomic E-state index is 0.175. The lowest BCUT2D eigenvalue weighted by atomic mass is 9.88. The summed E-state index contributed by atoms with van der Waals surface area (Å²) in [5, 5.41) is 3.49. The zero-order valence-electron chi connectivity index (χ0n) is 13.6. The van der Waals surface area contributed by atoms with E-state index in [9.17, 15) is 0 Å². The average molecular weight is 275 g/mol. The summed E-state index contributed by atoms with van der Waals surface area (Å²) in [4.78, 5) is 7.09. The van der Waals surface area contributed by atoms with Crippen LogP contribution >= 0.6 is 0 Å². The second-order valence-electron chi connectivity index (χ2n) is 7.31. The van der Waals surface area contributed by atoms with Gasteiger partial charge < -0.3 is 10.2 Å². The molecule has 1 atom stereocenters. The van der Waals surface area contributed by atoms with Crippen LogP contribution in [0.1, 0.15) is 46.6 Å². The summed E-state index contributed by atoms with van der Waals surface area (Å²) in [6, 6.07) is 4.96. The Labute approximate surface area is 123 Å². The molecule has 3 nitrogen and oxygen atoms in total. The van der Waals surface area contributed by atoms with Gasteiger partial charge in [-0.25, -0.2) is 4.98 Å². The van der Waals surface area contributed by atoms with Gasteiger partial charge in [0.2, 0.25) is 0 Å². The Morgan fingerprint density at radius 1 is 1.35 bits per heavy atom. The largest absolute Gasteiger partial charge is 0.370 e. The van der Waals surface area contributed by atoms with Crippen LogP contribution in [-0.4, -0.2) is 35.6 Å². The van der Waals surface area contributed by atoms with Crippen LogP contribution in [0.5, 0.6) is 0 Å². The van der Waals surface area contributed by atoms with Gasteiger partial charge >= 0.3 is 0 Å². The minimum atomic E-state index is 0.175. The van der Waals surface area contributed by atoms with Crippen molar-refractivity contribution in [1.82, 2.24) is 9.88 Å². The van der Waals surface area contributed by atoms with Gasteiger partial charge in [0.1, 0.15) is 5.82 Å². The second kappa shape index (κ2) is 6.13. The van der Waals surface area contributed by atoms with Crippen molar-refractivity contribution in [2.45, 2.75) is 52.5 Å². The summed E-state index contributed by atoms with van der Waals surface area (Å²) < 4.78 is 0. The normalized spacial score (nSPS) is 20.6. The molecule has 1 N–H and O–H groups in total. The van der Waals surface area contributed by atoms with Gasteiger partial charge in [-0.1, -0.05) is 26.8 Å². The number of rotatable bonds is 4. The minimum Gasteiger partial charge on any atom is -0.370 e. The fourth-order valence-corrected chi connectivity index (χ4v) is 2.69. The van der Waals surface area contributed by atoms with E-state index in [0.717, 1.165) is 18.3 Å². The van der Waals surface area contributed by atoms with Gasteiger partial charge in [0.25, 0.3) is 0 Å². The Hall–Kier alpha value is -1.09. The van der Waals surface area contributed by atoms with E-state index < -0.39 is 0 Å². The van der Waals surface area contributed by atoms with Crippen LogP contribution in [0.4, 0.5) is 5.82 Å². The second-order valence-corrected chi connectivity index (χ2v) is 7.31.